The molecule has 0 bridgehead atoms. The van der Waals surface area contributed by atoms with E-state index in [2.05, 4.69) is 0 Å². The van der Waals surface area contributed by atoms with Crippen LogP contribution >= 0.6 is 0 Å². The van der Waals surface area contributed by atoms with Gasteiger partial charge in [-0.05, 0) is 17.2 Å². The average molecular weight is 151 g/mol. The maximum Gasteiger partial charge on any atom is 0.0873 e. The molecule has 0 saturated heterocycles. The molecule has 58 valence electrons. The van der Waals surface area contributed by atoms with Gasteiger partial charge in [-0.1, -0.05) is 24.3 Å². The Kier molecular flexibility index (Phi) is 2.81. The third-order valence-corrected chi connectivity index (χ3v) is 1.52. The van der Waals surface area contributed by atoms with Crippen LogP contribution in [0.25, 0.3) is 6.08 Å². The largest absolute Gasteiger partial charge is 0.326 e. The lowest BCUT2D eigenvalue weighted by Crippen LogP contribution is -1.97. The van der Waals surface area contributed by atoms with E-state index in [9.17, 15) is 4.39 Å². The van der Waals surface area contributed by atoms with Crippen LogP contribution in [0.2, 0.25) is 0 Å². The van der Waals surface area contributed by atoms with E-state index < -0.39 is 0 Å². The first-order chi connectivity index (χ1) is 5.38. The first-order valence-corrected chi connectivity index (χ1v) is 3.43. The Morgan fingerprint density at radius 2 is 2.09 bits per heavy atom. The summed E-state index contributed by atoms with van der Waals surface area (Å²) in [5.41, 5.74) is 7.23. The molecular weight excluding hydrogens is 141 g/mol. The summed E-state index contributed by atoms with van der Waals surface area (Å²) >= 11 is 0. The van der Waals surface area contributed by atoms with Gasteiger partial charge in [0.25, 0.3) is 0 Å². The zero-order valence-electron chi connectivity index (χ0n) is 6.13. The lowest BCUT2D eigenvalue weighted by Gasteiger charge is -1.99. The Hall–Kier alpha value is -1.15. The SMILES string of the molecule is NCc1ccccc1/C=C/F. The summed E-state index contributed by atoms with van der Waals surface area (Å²) < 4.78 is 11.8. The van der Waals surface area contributed by atoms with Gasteiger partial charge in [0.1, 0.15) is 0 Å². The monoisotopic (exact) mass is 151 g/mol. The first-order valence-electron chi connectivity index (χ1n) is 3.43. The molecule has 0 atom stereocenters. The quantitative estimate of drug-likeness (QED) is 0.688. The van der Waals surface area contributed by atoms with E-state index in [-0.39, 0.29) is 0 Å². The van der Waals surface area contributed by atoms with Crippen molar-refractivity contribution < 1.29 is 4.39 Å². The van der Waals surface area contributed by atoms with Crippen LogP contribution in [0.5, 0.6) is 0 Å². The lowest BCUT2D eigenvalue weighted by atomic mass is 10.1. The Balaban J connectivity index is 3.02. The lowest BCUT2D eigenvalue weighted by molar-refractivity contribution is 0.727. The van der Waals surface area contributed by atoms with E-state index in [1.165, 1.54) is 6.08 Å². The molecule has 0 fully saturated rings. The van der Waals surface area contributed by atoms with Crippen LogP contribution in [0.3, 0.4) is 0 Å². The molecule has 0 aromatic heterocycles. The van der Waals surface area contributed by atoms with Crippen LogP contribution in [0.1, 0.15) is 11.1 Å². The van der Waals surface area contributed by atoms with E-state index in [1.54, 1.807) is 0 Å². The maximum atomic E-state index is 11.8. The predicted molar refractivity (Wildman–Crippen MR) is 44.5 cm³/mol. The van der Waals surface area contributed by atoms with Crippen molar-refractivity contribution >= 4 is 6.08 Å². The van der Waals surface area contributed by atoms with Gasteiger partial charge < -0.3 is 5.73 Å². The summed E-state index contributed by atoms with van der Waals surface area (Å²) in [6.45, 7) is 0.445. The second-order valence-electron chi connectivity index (χ2n) is 2.20. The standard InChI is InChI=1S/C9H10FN/c10-6-5-8-3-1-2-4-9(8)7-11/h1-6H,7,11H2/b6-5+. The van der Waals surface area contributed by atoms with Crippen LogP contribution in [-0.2, 0) is 6.54 Å². The third kappa shape index (κ3) is 1.88. The van der Waals surface area contributed by atoms with Crippen molar-refractivity contribution in [3.63, 3.8) is 0 Å². The molecule has 11 heavy (non-hydrogen) atoms. The van der Waals surface area contributed by atoms with Crippen molar-refractivity contribution in [1.29, 1.82) is 0 Å². The normalized spacial score (nSPS) is 10.7. The Morgan fingerprint density at radius 1 is 1.36 bits per heavy atom. The zero-order chi connectivity index (χ0) is 8.10. The number of rotatable bonds is 2. The summed E-state index contributed by atoms with van der Waals surface area (Å²) in [5, 5.41) is 0. The molecule has 0 aliphatic rings. The van der Waals surface area contributed by atoms with Crippen molar-refractivity contribution in [1.82, 2.24) is 0 Å². The number of hydrogen-bond donors (Lipinski definition) is 1. The van der Waals surface area contributed by atoms with Gasteiger partial charge in [-0.3, -0.25) is 0 Å². The fourth-order valence-electron chi connectivity index (χ4n) is 0.951. The zero-order valence-corrected chi connectivity index (χ0v) is 6.13. The smallest absolute Gasteiger partial charge is 0.0873 e. The number of nitrogens with two attached hydrogens (primary N) is 1. The van der Waals surface area contributed by atoms with Gasteiger partial charge in [0.2, 0.25) is 0 Å². The first kappa shape index (κ1) is 7.95. The van der Waals surface area contributed by atoms with Crippen molar-refractivity contribution in [2.24, 2.45) is 5.73 Å². The van der Waals surface area contributed by atoms with Gasteiger partial charge in [0.15, 0.2) is 0 Å². The van der Waals surface area contributed by atoms with Crippen LogP contribution in [0.15, 0.2) is 30.6 Å². The van der Waals surface area contributed by atoms with Crippen LogP contribution in [0, 0.1) is 0 Å². The van der Waals surface area contributed by atoms with Gasteiger partial charge in [-0.15, -0.1) is 0 Å². The fourth-order valence-corrected chi connectivity index (χ4v) is 0.951. The van der Waals surface area contributed by atoms with Crippen LogP contribution in [-0.4, -0.2) is 0 Å². The molecular formula is C9H10FN. The molecule has 0 aliphatic carbocycles. The molecule has 1 nitrogen and oxygen atoms in total. The molecule has 0 radical (unpaired) electrons. The Labute approximate surface area is 65.3 Å². The van der Waals surface area contributed by atoms with E-state index >= 15 is 0 Å². The van der Waals surface area contributed by atoms with Crippen LogP contribution < -0.4 is 5.73 Å². The second-order valence-corrected chi connectivity index (χ2v) is 2.20. The molecule has 1 rings (SSSR count). The molecule has 0 unspecified atom stereocenters. The van der Waals surface area contributed by atoms with E-state index in [4.69, 9.17) is 5.73 Å². The molecule has 0 amide bonds. The molecule has 0 heterocycles. The van der Waals surface area contributed by atoms with Gasteiger partial charge in [-0.2, -0.15) is 0 Å². The summed E-state index contributed by atoms with van der Waals surface area (Å²) in [4.78, 5) is 0. The Morgan fingerprint density at radius 3 is 2.73 bits per heavy atom. The highest BCUT2D eigenvalue weighted by Crippen LogP contribution is 2.09. The molecule has 1 aromatic carbocycles. The minimum Gasteiger partial charge on any atom is -0.326 e. The van der Waals surface area contributed by atoms with E-state index in [0.29, 0.717) is 12.9 Å². The molecule has 0 spiro atoms. The number of halogens is 1. The third-order valence-electron chi connectivity index (χ3n) is 1.52. The van der Waals surface area contributed by atoms with Crippen LogP contribution in [0.4, 0.5) is 4.39 Å². The topological polar surface area (TPSA) is 26.0 Å². The minimum atomic E-state index is 0.445. The summed E-state index contributed by atoms with van der Waals surface area (Å²) in [7, 11) is 0. The van der Waals surface area contributed by atoms with E-state index in [1.807, 2.05) is 24.3 Å². The maximum absolute atomic E-state index is 11.8. The fraction of sp³-hybridized carbons (Fsp3) is 0.111. The molecule has 2 heteroatoms. The number of benzene rings is 1. The summed E-state index contributed by atoms with van der Waals surface area (Å²) in [5.74, 6) is 0. The van der Waals surface area contributed by atoms with Gasteiger partial charge >= 0.3 is 0 Å². The molecule has 1 aromatic rings. The number of hydrogen-bond acceptors (Lipinski definition) is 1. The Bertz CT molecular complexity index is 255. The van der Waals surface area contributed by atoms with E-state index in [0.717, 1.165) is 11.1 Å². The summed E-state index contributed by atoms with van der Waals surface area (Å²) in [6.07, 6.45) is 1.93. The van der Waals surface area contributed by atoms with Gasteiger partial charge in [0, 0.05) is 6.54 Å². The summed E-state index contributed by atoms with van der Waals surface area (Å²) in [6, 6.07) is 7.46. The highest BCUT2D eigenvalue weighted by molar-refractivity contribution is 5.52. The van der Waals surface area contributed by atoms with Crippen molar-refractivity contribution in [3.8, 4) is 0 Å². The average Bonchev–Trinajstić information content (AvgIpc) is 2.06. The van der Waals surface area contributed by atoms with Gasteiger partial charge in [0.05, 0.1) is 6.33 Å². The molecule has 0 aliphatic heterocycles. The van der Waals surface area contributed by atoms with Crippen molar-refractivity contribution in [3.05, 3.63) is 41.7 Å². The molecule has 2 N–H and O–H groups in total. The molecule has 0 saturated carbocycles. The highest BCUT2D eigenvalue weighted by Gasteiger charge is 1.93. The highest BCUT2D eigenvalue weighted by atomic mass is 19.1. The van der Waals surface area contributed by atoms with Crippen molar-refractivity contribution in [2.45, 2.75) is 6.54 Å². The van der Waals surface area contributed by atoms with Gasteiger partial charge in [-0.25, -0.2) is 4.39 Å². The predicted octanol–water partition coefficient (Wildman–Crippen LogP) is 2.09. The minimum absolute atomic E-state index is 0.445. The van der Waals surface area contributed by atoms with Crippen molar-refractivity contribution in [2.75, 3.05) is 0 Å². The second kappa shape index (κ2) is 3.88.